The summed E-state index contributed by atoms with van der Waals surface area (Å²) in [5.41, 5.74) is 0.664. The highest BCUT2D eigenvalue weighted by molar-refractivity contribution is 5.92. The molecule has 0 radical (unpaired) electrons. The van der Waals surface area contributed by atoms with Gasteiger partial charge in [-0.1, -0.05) is 18.9 Å². The second-order valence-corrected chi connectivity index (χ2v) is 12.3. The number of anilines is 2. The van der Waals surface area contributed by atoms with Crippen LogP contribution in [0.15, 0.2) is 18.2 Å². The standard InChI is InChI=1S/C31H37F6N7O2/c1-7-24-18(5)26(25-27(44(24)29(45)46-16(2)3)17(4)22-10-8-9-11-23(22)38-25)43(28-39-41-42(6)40-28)15-19-12-20(30(32,33)34)14-21(13-19)31(35,36)37/h12-14,16,18,24,26H,7-11,15H2,1-6H3/t18?,24-,26+/m1/s1. The molecule has 5 rings (SSSR count). The van der Waals surface area contributed by atoms with Gasteiger partial charge in [-0.05, 0) is 93.0 Å². The number of alkyl halides is 6. The summed E-state index contributed by atoms with van der Waals surface area (Å²) in [5, 5.41) is 12.4. The molecule has 3 atom stereocenters. The zero-order valence-corrected chi connectivity index (χ0v) is 26.5. The Morgan fingerprint density at radius 1 is 1.07 bits per heavy atom. The van der Waals surface area contributed by atoms with Gasteiger partial charge in [-0.2, -0.15) is 31.1 Å². The first-order valence-corrected chi connectivity index (χ1v) is 15.3. The van der Waals surface area contributed by atoms with Gasteiger partial charge in [0, 0.05) is 24.2 Å². The van der Waals surface area contributed by atoms with Crippen molar-refractivity contribution in [3.05, 3.63) is 57.4 Å². The number of aromatic nitrogens is 5. The van der Waals surface area contributed by atoms with Gasteiger partial charge in [-0.15, -0.1) is 5.10 Å². The van der Waals surface area contributed by atoms with Crippen molar-refractivity contribution in [2.45, 2.75) is 104 Å². The molecule has 1 aliphatic carbocycles. The number of hydrogen-bond acceptors (Lipinski definition) is 7. The van der Waals surface area contributed by atoms with E-state index < -0.39 is 60.2 Å². The molecule has 3 heterocycles. The van der Waals surface area contributed by atoms with Crippen LogP contribution in [0.1, 0.15) is 92.2 Å². The summed E-state index contributed by atoms with van der Waals surface area (Å²) in [6.07, 6.45) is -7.18. The summed E-state index contributed by atoms with van der Waals surface area (Å²) in [4.78, 5) is 23.2. The number of carbonyl (C=O) groups is 1. The second kappa shape index (κ2) is 12.4. The van der Waals surface area contributed by atoms with E-state index in [1.807, 2.05) is 20.8 Å². The van der Waals surface area contributed by atoms with Crippen LogP contribution in [0, 0.1) is 12.8 Å². The fourth-order valence-corrected chi connectivity index (χ4v) is 6.78. The minimum absolute atomic E-state index is 0.00139. The zero-order valence-electron chi connectivity index (χ0n) is 26.5. The van der Waals surface area contributed by atoms with Crippen molar-refractivity contribution in [1.82, 2.24) is 25.2 Å². The summed E-state index contributed by atoms with van der Waals surface area (Å²) in [6.45, 7) is 8.79. The number of amides is 1. The summed E-state index contributed by atoms with van der Waals surface area (Å²) in [7, 11) is 1.51. The van der Waals surface area contributed by atoms with E-state index in [9.17, 15) is 31.1 Å². The maximum atomic E-state index is 13.8. The Morgan fingerprint density at radius 2 is 1.70 bits per heavy atom. The van der Waals surface area contributed by atoms with Gasteiger partial charge in [-0.3, -0.25) is 9.88 Å². The molecule has 0 fully saturated rings. The Hall–Kier alpha value is -3.91. The number of pyridine rings is 1. The Balaban J connectivity index is 1.75. The molecule has 1 aliphatic heterocycles. The first-order valence-electron chi connectivity index (χ1n) is 15.3. The van der Waals surface area contributed by atoms with Gasteiger partial charge >= 0.3 is 18.4 Å². The highest BCUT2D eigenvalue weighted by Gasteiger charge is 2.48. The van der Waals surface area contributed by atoms with E-state index in [-0.39, 0.29) is 17.6 Å². The lowest BCUT2D eigenvalue weighted by Gasteiger charge is -2.48. The van der Waals surface area contributed by atoms with Gasteiger partial charge in [0.2, 0.25) is 0 Å². The summed E-state index contributed by atoms with van der Waals surface area (Å²) >= 11 is 0. The largest absolute Gasteiger partial charge is 0.446 e. The molecule has 1 unspecified atom stereocenters. The Morgan fingerprint density at radius 3 is 2.24 bits per heavy atom. The van der Waals surface area contributed by atoms with Crippen molar-refractivity contribution in [3.8, 4) is 0 Å². The molecule has 0 saturated heterocycles. The lowest BCUT2D eigenvalue weighted by molar-refractivity contribution is -0.143. The predicted octanol–water partition coefficient (Wildman–Crippen LogP) is 7.36. The van der Waals surface area contributed by atoms with Crippen LogP contribution in [0.5, 0.6) is 0 Å². The number of aryl methyl sites for hydroxylation is 2. The molecule has 9 nitrogen and oxygen atoms in total. The molecule has 0 saturated carbocycles. The summed E-state index contributed by atoms with van der Waals surface area (Å²) < 4.78 is 88.8. The van der Waals surface area contributed by atoms with Gasteiger partial charge in [0.25, 0.3) is 5.95 Å². The molecular formula is C31H37F6N7O2. The average Bonchev–Trinajstić information content (AvgIpc) is 3.40. The molecule has 0 bridgehead atoms. The van der Waals surface area contributed by atoms with E-state index >= 15 is 0 Å². The van der Waals surface area contributed by atoms with E-state index in [4.69, 9.17) is 9.72 Å². The SMILES string of the molecule is CC[C@@H]1C(C)[C@H](N(Cc2cc(C(F)(F)F)cc(C(F)(F)F)c2)c2nnn(C)n2)c2nc3c(c(C)c2N1C(=O)OC(C)C)CCCC3. The number of benzene rings is 1. The number of nitrogens with zero attached hydrogens (tertiary/aromatic N) is 7. The van der Waals surface area contributed by atoms with E-state index in [0.29, 0.717) is 36.4 Å². The molecule has 2 aromatic heterocycles. The van der Waals surface area contributed by atoms with Crippen LogP contribution in [0.3, 0.4) is 0 Å². The molecule has 0 spiro atoms. The van der Waals surface area contributed by atoms with E-state index in [1.165, 1.54) is 11.8 Å². The number of fused-ring (bicyclic) bond motifs is 2. The quantitative estimate of drug-likeness (QED) is 0.257. The van der Waals surface area contributed by atoms with Crippen LogP contribution < -0.4 is 9.80 Å². The van der Waals surface area contributed by atoms with Gasteiger partial charge in [0.1, 0.15) is 0 Å². The number of tetrazole rings is 1. The van der Waals surface area contributed by atoms with Gasteiger partial charge in [0.15, 0.2) is 0 Å². The number of rotatable bonds is 6. The Bertz CT molecular complexity index is 1570. The van der Waals surface area contributed by atoms with Crippen molar-refractivity contribution >= 4 is 17.7 Å². The lowest BCUT2D eigenvalue weighted by atomic mass is 9.79. The minimum Gasteiger partial charge on any atom is -0.446 e. The third-order valence-corrected chi connectivity index (χ3v) is 8.74. The van der Waals surface area contributed by atoms with Crippen molar-refractivity contribution in [1.29, 1.82) is 0 Å². The van der Waals surface area contributed by atoms with Crippen molar-refractivity contribution in [2.24, 2.45) is 13.0 Å². The van der Waals surface area contributed by atoms with E-state index in [0.717, 1.165) is 36.1 Å². The van der Waals surface area contributed by atoms with Crippen LogP contribution >= 0.6 is 0 Å². The number of carbonyl (C=O) groups excluding carboxylic acids is 1. The van der Waals surface area contributed by atoms with Crippen LogP contribution in [-0.4, -0.2) is 43.4 Å². The van der Waals surface area contributed by atoms with Crippen molar-refractivity contribution < 1.29 is 35.9 Å². The highest BCUT2D eigenvalue weighted by Crippen LogP contribution is 2.49. The first-order chi connectivity index (χ1) is 21.5. The molecule has 46 heavy (non-hydrogen) atoms. The normalized spacial score (nSPS) is 20.0. The second-order valence-electron chi connectivity index (χ2n) is 12.3. The predicted molar refractivity (Wildman–Crippen MR) is 157 cm³/mol. The van der Waals surface area contributed by atoms with Crippen molar-refractivity contribution in [2.75, 3.05) is 9.80 Å². The van der Waals surface area contributed by atoms with Crippen LogP contribution in [0.4, 0.5) is 42.8 Å². The summed E-state index contributed by atoms with van der Waals surface area (Å²) in [5.74, 6) is -0.441. The zero-order chi connectivity index (χ0) is 33.7. The van der Waals surface area contributed by atoms with Gasteiger partial charge in [0.05, 0.1) is 41.7 Å². The third kappa shape index (κ3) is 6.37. The topological polar surface area (TPSA) is 89.3 Å². The Labute approximate surface area is 262 Å². The number of halogens is 6. The molecule has 0 N–H and O–H groups in total. The average molecular weight is 654 g/mol. The maximum absolute atomic E-state index is 13.8. The maximum Gasteiger partial charge on any atom is 0.416 e. The molecule has 1 amide bonds. The molecule has 250 valence electrons. The van der Waals surface area contributed by atoms with Crippen LogP contribution in [-0.2, 0) is 43.5 Å². The minimum atomic E-state index is -5.02. The molecule has 2 aliphatic rings. The fourth-order valence-electron chi connectivity index (χ4n) is 6.78. The lowest BCUT2D eigenvalue weighted by Crippen LogP contribution is -2.54. The monoisotopic (exact) mass is 653 g/mol. The van der Waals surface area contributed by atoms with Crippen LogP contribution in [0.2, 0.25) is 0 Å². The smallest absolute Gasteiger partial charge is 0.416 e. The molecule has 15 heteroatoms. The first kappa shape index (κ1) is 33.5. The van der Waals surface area contributed by atoms with Gasteiger partial charge < -0.3 is 9.64 Å². The number of ether oxygens (including phenoxy) is 1. The van der Waals surface area contributed by atoms with E-state index in [2.05, 4.69) is 15.4 Å². The van der Waals surface area contributed by atoms with Gasteiger partial charge in [-0.25, -0.2) is 4.79 Å². The number of hydrogen-bond donors (Lipinski definition) is 0. The fraction of sp³-hybridized carbons (Fsp3) is 0.581. The Kier molecular flexibility index (Phi) is 8.99. The van der Waals surface area contributed by atoms with Crippen molar-refractivity contribution in [3.63, 3.8) is 0 Å². The highest BCUT2D eigenvalue weighted by atomic mass is 19.4. The summed E-state index contributed by atoms with van der Waals surface area (Å²) in [6, 6.07) is 0.319. The van der Waals surface area contributed by atoms with E-state index in [1.54, 1.807) is 23.6 Å². The molecular weight excluding hydrogens is 616 g/mol. The third-order valence-electron chi connectivity index (χ3n) is 8.74. The van der Waals surface area contributed by atoms with Crippen LogP contribution in [0.25, 0.3) is 0 Å². The molecule has 3 aromatic rings. The molecule has 1 aromatic carbocycles.